The van der Waals surface area contributed by atoms with Crippen molar-refractivity contribution in [1.29, 1.82) is 5.26 Å². The van der Waals surface area contributed by atoms with Gasteiger partial charge in [0.05, 0.1) is 11.6 Å². The van der Waals surface area contributed by atoms with Crippen LogP contribution in [0.2, 0.25) is 0 Å². The van der Waals surface area contributed by atoms with Crippen molar-refractivity contribution < 1.29 is 13.7 Å². The van der Waals surface area contributed by atoms with Crippen LogP contribution in [0.4, 0.5) is 10.1 Å². The van der Waals surface area contributed by atoms with Gasteiger partial charge in [-0.25, -0.2) is 4.39 Å². The maximum atomic E-state index is 13.2. The van der Waals surface area contributed by atoms with Crippen LogP contribution in [0.15, 0.2) is 64.5 Å². The minimum atomic E-state index is -0.511. The van der Waals surface area contributed by atoms with E-state index in [4.69, 9.17) is 15.0 Å². The minimum absolute atomic E-state index is 0.0437. The molecule has 0 amide bonds. The lowest BCUT2D eigenvalue weighted by Gasteiger charge is -2.26. The lowest BCUT2D eigenvalue weighted by Crippen LogP contribution is -2.21. The molecule has 1 atom stereocenters. The second-order valence-corrected chi connectivity index (χ2v) is 6.66. The molecule has 0 saturated carbocycles. The molecule has 140 valence electrons. The van der Waals surface area contributed by atoms with E-state index < -0.39 is 5.92 Å². The molecule has 1 unspecified atom stereocenters. The zero-order valence-corrected chi connectivity index (χ0v) is 15.3. The molecule has 1 aliphatic rings. The van der Waals surface area contributed by atoms with Crippen LogP contribution in [0, 0.1) is 17.1 Å². The van der Waals surface area contributed by atoms with Gasteiger partial charge in [0.1, 0.15) is 23.2 Å². The van der Waals surface area contributed by atoms with Crippen molar-refractivity contribution in [2.24, 2.45) is 5.73 Å². The van der Waals surface area contributed by atoms with Crippen molar-refractivity contribution in [2.45, 2.75) is 5.92 Å². The Hall–Kier alpha value is -3.79. The first-order chi connectivity index (χ1) is 13.5. The maximum absolute atomic E-state index is 13.2. The molecule has 2 N–H and O–H groups in total. The molecule has 0 fully saturated rings. The molecule has 3 aromatic rings. The van der Waals surface area contributed by atoms with E-state index in [-0.39, 0.29) is 17.3 Å². The molecule has 2 heterocycles. The summed E-state index contributed by atoms with van der Waals surface area (Å²) in [7, 11) is 3.85. The van der Waals surface area contributed by atoms with Gasteiger partial charge in [0, 0.05) is 43.0 Å². The second-order valence-electron chi connectivity index (χ2n) is 6.66. The number of rotatable bonds is 3. The number of fused-ring (bicyclic) bond motifs is 1. The van der Waals surface area contributed by atoms with Gasteiger partial charge in [0.2, 0.25) is 5.88 Å². The number of halogens is 1. The largest absolute Gasteiger partial charge is 0.440 e. The number of nitrogens with two attached hydrogens (primary N) is 1. The highest BCUT2D eigenvalue weighted by Gasteiger charge is 2.33. The molecule has 0 bridgehead atoms. The van der Waals surface area contributed by atoms with Gasteiger partial charge in [-0.1, -0.05) is 11.2 Å². The fraction of sp³-hybridized carbons (Fsp3) is 0.143. The van der Waals surface area contributed by atoms with E-state index >= 15 is 0 Å². The Kier molecular flexibility index (Phi) is 4.24. The van der Waals surface area contributed by atoms with Crippen LogP contribution in [0.1, 0.15) is 17.2 Å². The molecule has 0 radical (unpaired) electrons. The third kappa shape index (κ3) is 2.95. The summed E-state index contributed by atoms with van der Waals surface area (Å²) in [5, 5.41) is 13.8. The smallest absolute Gasteiger partial charge is 0.205 e. The monoisotopic (exact) mass is 376 g/mol. The maximum Gasteiger partial charge on any atom is 0.205 e. The van der Waals surface area contributed by atoms with E-state index in [0.717, 1.165) is 11.3 Å². The Morgan fingerprint density at radius 2 is 1.89 bits per heavy atom. The van der Waals surface area contributed by atoms with Crippen LogP contribution in [0.3, 0.4) is 0 Å². The van der Waals surface area contributed by atoms with Gasteiger partial charge in [-0.05, 0) is 30.3 Å². The fourth-order valence-corrected chi connectivity index (χ4v) is 3.20. The van der Waals surface area contributed by atoms with E-state index in [0.29, 0.717) is 22.8 Å². The van der Waals surface area contributed by atoms with E-state index in [1.54, 1.807) is 18.2 Å². The standard InChI is InChI=1S/C21H17FN4O2/c1-26(2)14-7-8-15-19(9-14)27-21(24)16(11-23)20(15)17-10-18(28-25-17)12-3-5-13(22)6-4-12/h3-10,20H,24H2,1-2H3. The third-order valence-corrected chi connectivity index (χ3v) is 4.67. The first-order valence-corrected chi connectivity index (χ1v) is 8.59. The van der Waals surface area contributed by atoms with Crippen LogP contribution >= 0.6 is 0 Å². The predicted molar refractivity (Wildman–Crippen MR) is 102 cm³/mol. The predicted octanol–water partition coefficient (Wildman–Crippen LogP) is 3.76. The van der Waals surface area contributed by atoms with Gasteiger partial charge in [-0.15, -0.1) is 0 Å². The van der Waals surface area contributed by atoms with Crippen LogP contribution in [-0.4, -0.2) is 19.3 Å². The quantitative estimate of drug-likeness (QED) is 0.749. The second kappa shape index (κ2) is 6.74. The van der Waals surface area contributed by atoms with Gasteiger partial charge in [0.15, 0.2) is 5.76 Å². The summed E-state index contributed by atoms with van der Waals surface area (Å²) >= 11 is 0. The average Bonchev–Trinajstić information content (AvgIpc) is 3.16. The topological polar surface area (TPSA) is 88.3 Å². The lowest BCUT2D eigenvalue weighted by molar-refractivity contribution is 0.386. The van der Waals surface area contributed by atoms with E-state index in [9.17, 15) is 9.65 Å². The highest BCUT2D eigenvalue weighted by molar-refractivity contribution is 5.63. The summed E-state index contributed by atoms with van der Waals surface area (Å²) in [4.78, 5) is 1.95. The van der Waals surface area contributed by atoms with Crippen LogP contribution in [0.5, 0.6) is 5.75 Å². The van der Waals surface area contributed by atoms with Gasteiger partial charge in [-0.3, -0.25) is 0 Å². The number of nitriles is 1. The Morgan fingerprint density at radius 1 is 1.14 bits per heavy atom. The fourth-order valence-electron chi connectivity index (χ4n) is 3.20. The summed E-state index contributed by atoms with van der Waals surface area (Å²) in [5.74, 6) is 0.244. The van der Waals surface area contributed by atoms with E-state index in [1.165, 1.54) is 12.1 Å². The van der Waals surface area contributed by atoms with Gasteiger partial charge in [-0.2, -0.15) is 5.26 Å². The Morgan fingerprint density at radius 3 is 2.57 bits per heavy atom. The summed E-state index contributed by atoms with van der Waals surface area (Å²) in [6, 6.07) is 15.5. The van der Waals surface area contributed by atoms with Crippen molar-refractivity contribution in [3.8, 4) is 23.1 Å². The van der Waals surface area contributed by atoms with Crippen molar-refractivity contribution in [2.75, 3.05) is 19.0 Å². The van der Waals surface area contributed by atoms with Crippen LogP contribution in [0.25, 0.3) is 11.3 Å². The zero-order valence-electron chi connectivity index (χ0n) is 15.3. The van der Waals surface area contributed by atoms with Crippen molar-refractivity contribution >= 4 is 5.69 Å². The minimum Gasteiger partial charge on any atom is -0.440 e. The highest BCUT2D eigenvalue weighted by Crippen LogP contribution is 2.43. The molecule has 0 saturated heterocycles. The van der Waals surface area contributed by atoms with Gasteiger partial charge < -0.3 is 19.9 Å². The van der Waals surface area contributed by atoms with Crippen molar-refractivity contribution in [1.82, 2.24) is 5.16 Å². The number of allylic oxidation sites excluding steroid dienone is 1. The molecule has 0 spiro atoms. The number of nitrogens with zero attached hydrogens (tertiary/aromatic N) is 3. The first-order valence-electron chi connectivity index (χ1n) is 8.59. The summed E-state index contributed by atoms with van der Waals surface area (Å²) in [6.45, 7) is 0. The van der Waals surface area contributed by atoms with Crippen LogP contribution < -0.4 is 15.4 Å². The number of hydrogen-bond donors (Lipinski definition) is 1. The van der Waals surface area contributed by atoms with Gasteiger partial charge in [0.25, 0.3) is 0 Å². The first kappa shape index (κ1) is 17.6. The average molecular weight is 376 g/mol. The molecule has 28 heavy (non-hydrogen) atoms. The summed E-state index contributed by atoms with van der Waals surface area (Å²) in [5.41, 5.74) is 9.21. The Bertz CT molecular complexity index is 1110. The molecule has 7 heteroatoms. The number of aromatic nitrogens is 1. The van der Waals surface area contributed by atoms with E-state index in [2.05, 4.69) is 11.2 Å². The SMILES string of the molecule is CN(C)c1ccc2c(c1)OC(N)=C(C#N)C2c1cc(-c2ccc(F)cc2)on1. The number of anilines is 1. The summed E-state index contributed by atoms with van der Waals surface area (Å²) in [6.07, 6.45) is 0. The molecule has 6 nitrogen and oxygen atoms in total. The molecule has 1 aliphatic heterocycles. The normalized spacial score (nSPS) is 15.6. The Balaban J connectivity index is 1.80. The molecular formula is C21H17FN4O2. The van der Waals surface area contributed by atoms with Gasteiger partial charge >= 0.3 is 0 Å². The number of hydrogen-bond acceptors (Lipinski definition) is 6. The number of ether oxygens (including phenoxy) is 1. The zero-order chi connectivity index (χ0) is 19.8. The van der Waals surface area contributed by atoms with Crippen molar-refractivity contribution in [3.63, 3.8) is 0 Å². The molecule has 2 aromatic carbocycles. The molecule has 1 aromatic heterocycles. The van der Waals surface area contributed by atoms with Crippen LogP contribution in [-0.2, 0) is 0 Å². The molecular weight excluding hydrogens is 359 g/mol. The van der Waals surface area contributed by atoms with E-state index in [1.807, 2.05) is 37.2 Å². The highest BCUT2D eigenvalue weighted by atomic mass is 19.1. The van der Waals surface area contributed by atoms with Crippen molar-refractivity contribution in [3.05, 3.63) is 77.1 Å². The third-order valence-electron chi connectivity index (χ3n) is 4.67. The molecule has 4 rings (SSSR count). The number of benzene rings is 2. The molecule has 0 aliphatic carbocycles. The summed E-state index contributed by atoms with van der Waals surface area (Å²) < 4.78 is 24.3. The lowest BCUT2D eigenvalue weighted by atomic mass is 9.86. The Labute approximate surface area is 161 Å².